The van der Waals surface area contributed by atoms with Gasteiger partial charge in [-0.3, -0.25) is 4.79 Å². The van der Waals surface area contributed by atoms with Gasteiger partial charge in [0.2, 0.25) is 5.91 Å². The molecule has 4 heterocycles. The Morgan fingerprint density at radius 3 is 2.47 bits per heavy atom. The number of halogens is 1. The van der Waals surface area contributed by atoms with Gasteiger partial charge in [0.05, 0.1) is 5.92 Å². The number of nitrogens with zero attached hydrogens (tertiary/aromatic N) is 8. The zero-order chi connectivity index (χ0) is 21.9. The molecule has 166 valence electrons. The fraction of sp³-hybridized carbons (Fsp3) is 0.409. The molecule has 0 aliphatic carbocycles. The Morgan fingerprint density at radius 2 is 1.72 bits per heavy atom. The molecular formula is C22H25ClN8O. The van der Waals surface area contributed by atoms with Crippen LogP contribution < -0.4 is 9.80 Å². The van der Waals surface area contributed by atoms with Crippen LogP contribution in [-0.2, 0) is 4.79 Å². The third-order valence-corrected chi connectivity index (χ3v) is 6.42. The number of piperazine rings is 1. The maximum atomic E-state index is 13.3. The monoisotopic (exact) mass is 452 g/mol. The van der Waals surface area contributed by atoms with Crippen molar-refractivity contribution in [1.29, 1.82) is 0 Å². The minimum Gasteiger partial charge on any atom is -0.368 e. The highest BCUT2D eigenvalue weighted by molar-refractivity contribution is 6.30. The summed E-state index contributed by atoms with van der Waals surface area (Å²) < 4.78 is 1.61. The number of hydrogen-bond acceptors (Lipinski definition) is 7. The third kappa shape index (κ3) is 4.38. The Kier molecular flexibility index (Phi) is 5.89. The molecule has 5 rings (SSSR count). The summed E-state index contributed by atoms with van der Waals surface area (Å²) in [5, 5.41) is 4.87. The minimum atomic E-state index is -0.0179. The summed E-state index contributed by atoms with van der Waals surface area (Å²) in [6.07, 6.45) is 6.49. The Morgan fingerprint density at radius 1 is 0.938 bits per heavy atom. The van der Waals surface area contributed by atoms with E-state index in [1.807, 2.05) is 35.2 Å². The van der Waals surface area contributed by atoms with Gasteiger partial charge in [-0.1, -0.05) is 11.6 Å². The molecule has 2 aliphatic heterocycles. The largest absolute Gasteiger partial charge is 0.368 e. The van der Waals surface area contributed by atoms with Gasteiger partial charge in [-0.15, -0.1) is 0 Å². The van der Waals surface area contributed by atoms with Crippen LogP contribution in [0.25, 0.3) is 5.82 Å². The summed E-state index contributed by atoms with van der Waals surface area (Å²) in [6.45, 7) is 4.68. The van der Waals surface area contributed by atoms with Crippen LogP contribution in [0, 0.1) is 5.92 Å². The number of hydrogen-bond donors (Lipinski definition) is 0. The Balaban J connectivity index is 1.21. The van der Waals surface area contributed by atoms with Gasteiger partial charge in [0.15, 0.2) is 5.82 Å². The molecule has 2 aromatic heterocycles. The number of piperidine rings is 1. The molecule has 2 aliphatic rings. The Bertz CT molecular complexity index is 1050. The molecule has 0 radical (unpaired) electrons. The molecule has 1 aromatic carbocycles. The summed E-state index contributed by atoms with van der Waals surface area (Å²) in [5.41, 5.74) is 1.15. The fourth-order valence-corrected chi connectivity index (χ4v) is 4.57. The first-order valence-corrected chi connectivity index (χ1v) is 11.3. The van der Waals surface area contributed by atoms with Crippen molar-refractivity contribution >= 4 is 29.0 Å². The second-order valence-corrected chi connectivity index (χ2v) is 8.58. The Hall–Kier alpha value is -3.20. The second kappa shape index (κ2) is 9.12. The van der Waals surface area contributed by atoms with Crippen LogP contribution in [0.3, 0.4) is 0 Å². The van der Waals surface area contributed by atoms with Crippen LogP contribution in [0.5, 0.6) is 0 Å². The van der Waals surface area contributed by atoms with Gasteiger partial charge < -0.3 is 14.7 Å². The molecule has 10 heteroatoms. The summed E-state index contributed by atoms with van der Waals surface area (Å²) >= 11 is 6.00. The van der Waals surface area contributed by atoms with Crippen molar-refractivity contribution in [2.24, 2.45) is 5.92 Å². The van der Waals surface area contributed by atoms with E-state index in [0.717, 1.165) is 62.1 Å². The predicted molar refractivity (Wildman–Crippen MR) is 122 cm³/mol. The summed E-state index contributed by atoms with van der Waals surface area (Å²) in [7, 11) is 0. The highest BCUT2D eigenvalue weighted by Gasteiger charge is 2.31. The molecule has 1 atom stereocenters. The van der Waals surface area contributed by atoms with Crippen molar-refractivity contribution in [3.63, 3.8) is 0 Å². The summed E-state index contributed by atoms with van der Waals surface area (Å²) in [4.78, 5) is 32.5. The lowest BCUT2D eigenvalue weighted by molar-refractivity contribution is -0.136. The second-order valence-electron chi connectivity index (χ2n) is 8.15. The van der Waals surface area contributed by atoms with Gasteiger partial charge in [-0.05, 0) is 37.1 Å². The van der Waals surface area contributed by atoms with E-state index in [1.165, 1.54) is 12.7 Å². The number of carbonyl (C=O) groups is 1. The van der Waals surface area contributed by atoms with Gasteiger partial charge in [0.25, 0.3) is 0 Å². The van der Waals surface area contributed by atoms with Crippen LogP contribution in [0.2, 0.25) is 5.02 Å². The highest BCUT2D eigenvalue weighted by Crippen LogP contribution is 2.25. The quantitative estimate of drug-likeness (QED) is 0.600. The van der Waals surface area contributed by atoms with E-state index in [9.17, 15) is 4.79 Å². The first kappa shape index (κ1) is 20.7. The predicted octanol–water partition coefficient (Wildman–Crippen LogP) is 2.28. The molecule has 2 saturated heterocycles. The maximum Gasteiger partial charge on any atom is 0.227 e. The fourth-order valence-electron chi connectivity index (χ4n) is 4.44. The van der Waals surface area contributed by atoms with Crippen molar-refractivity contribution in [3.05, 3.63) is 54.3 Å². The van der Waals surface area contributed by atoms with Gasteiger partial charge in [0, 0.05) is 56.0 Å². The normalized spacial score (nSPS) is 19.3. The Labute approximate surface area is 191 Å². The lowest BCUT2D eigenvalue weighted by Gasteiger charge is -2.40. The molecule has 1 amide bonds. The minimum absolute atomic E-state index is 0.0179. The van der Waals surface area contributed by atoms with Gasteiger partial charge in [0.1, 0.15) is 24.8 Å². The van der Waals surface area contributed by atoms with Crippen molar-refractivity contribution in [1.82, 2.24) is 29.6 Å². The number of rotatable bonds is 4. The zero-order valence-corrected chi connectivity index (χ0v) is 18.5. The van der Waals surface area contributed by atoms with Crippen molar-refractivity contribution in [2.45, 2.75) is 12.8 Å². The van der Waals surface area contributed by atoms with Gasteiger partial charge in [-0.2, -0.15) is 5.10 Å². The lowest BCUT2D eigenvalue weighted by Crippen LogP contribution is -2.52. The molecule has 0 N–H and O–H groups in total. The van der Waals surface area contributed by atoms with E-state index in [1.54, 1.807) is 11.0 Å². The summed E-state index contributed by atoms with van der Waals surface area (Å²) in [6, 6.07) is 9.79. The molecule has 9 nitrogen and oxygen atoms in total. The van der Waals surface area contributed by atoms with E-state index in [4.69, 9.17) is 11.6 Å². The number of anilines is 2. The smallest absolute Gasteiger partial charge is 0.227 e. The molecule has 0 bridgehead atoms. The average Bonchev–Trinajstić information content (AvgIpc) is 3.40. The number of amides is 1. The number of aromatic nitrogens is 5. The van der Waals surface area contributed by atoms with E-state index < -0.39 is 0 Å². The van der Waals surface area contributed by atoms with Crippen molar-refractivity contribution < 1.29 is 4.79 Å². The van der Waals surface area contributed by atoms with E-state index >= 15 is 0 Å². The molecule has 32 heavy (non-hydrogen) atoms. The standard InChI is InChI=1S/C22H25ClN8O/c23-18-3-5-19(6-4-18)28-8-10-29(11-9-28)22(32)17-2-1-7-30(13-17)20-12-21(26-15-25-20)31-16-24-14-27-31/h3-6,12,14-17H,1-2,7-11,13H2. The first-order valence-electron chi connectivity index (χ1n) is 10.9. The topological polar surface area (TPSA) is 83.3 Å². The van der Waals surface area contributed by atoms with Crippen LogP contribution in [0.1, 0.15) is 12.8 Å². The molecule has 1 unspecified atom stereocenters. The maximum absolute atomic E-state index is 13.3. The van der Waals surface area contributed by atoms with Crippen molar-refractivity contribution in [3.8, 4) is 5.82 Å². The first-order chi connectivity index (χ1) is 15.7. The average molecular weight is 453 g/mol. The number of carbonyl (C=O) groups excluding carboxylic acids is 1. The van der Waals surface area contributed by atoms with E-state index in [2.05, 4.69) is 29.9 Å². The third-order valence-electron chi connectivity index (χ3n) is 6.17. The summed E-state index contributed by atoms with van der Waals surface area (Å²) in [5.74, 6) is 1.71. The van der Waals surface area contributed by atoms with Crippen molar-refractivity contribution in [2.75, 3.05) is 49.1 Å². The molecule has 0 spiro atoms. The molecule has 3 aromatic rings. The van der Waals surface area contributed by atoms with Gasteiger partial charge in [-0.25, -0.2) is 19.6 Å². The molecule has 0 saturated carbocycles. The highest BCUT2D eigenvalue weighted by atomic mass is 35.5. The lowest BCUT2D eigenvalue weighted by atomic mass is 9.96. The van der Waals surface area contributed by atoms with E-state index in [-0.39, 0.29) is 11.8 Å². The van der Waals surface area contributed by atoms with Crippen LogP contribution in [0.15, 0.2) is 49.3 Å². The molecule has 2 fully saturated rings. The number of benzene rings is 1. The van der Waals surface area contributed by atoms with Crippen LogP contribution in [0.4, 0.5) is 11.5 Å². The van der Waals surface area contributed by atoms with Crippen LogP contribution in [-0.4, -0.2) is 74.8 Å². The molecular weight excluding hydrogens is 428 g/mol. The SMILES string of the molecule is O=C(C1CCCN(c2cc(-n3cncn3)ncn2)C1)N1CCN(c2ccc(Cl)cc2)CC1. The van der Waals surface area contributed by atoms with Gasteiger partial charge >= 0.3 is 0 Å². The van der Waals surface area contributed by atoms with E-state index in [0.29, 0.717) is 12.4 Å². The van der Waals surface area contributed by atoms with Crippen LogP contribution >= 0.6 is 11.6 Å². The zero-order valence-electron chi connectivity index (χ0n) is 17.7.